The predicted molar refractivity (Wildman–Crippen MR) is 57.2 cm³/mol. The summed E-state index contributed by atoms with van der Waals surface area (Å²) in [5.41, 5.74) is 9.09. The highest BCUT2D eigenvalue weighted by Crippen LogP contribution is 2.17. The molecular formula is C11H15N3. The number of nitrogens with two attached hydrogens (primary N) is 1. The molecule has 0 saturated heterocycles. The molecule has 0 bridgehead atoms. The van der Waals surface area contributed by atoms with Crippen LogP contribution in [0.4, 0.5) is 0 Å². The number of imidazole rings is 1. The quantitative estimate of drug-likeness (QED) is 0.780. The van der Waals surface area contributed by atoms with Crippen molar-refractivity contribution in [1.29, 1.82) is 0 Å². The van der Waals surface area contributed by atoms with Gasteiger partial charge in [-0.25, -0.2) is 4.98 Å². The van der Waals surface area contributed by atoms with Crippen LogP contribution in [0, 0.1) is 6.92 Å². The highest BCUT2D eigenvalue weighted by molar-refractivity contribution is 5.59. The zero-order valence-corrected chi connectivity index (χ0v) is 8.62. The predicted octanol–water partition coefficient (Wildman–Crippen LogP) is 1.66. The molecule has 74 valence electrons. The van der Waals surface area contributed by atoms with Gasteiger partial charge < -0.3 is 10.1 Å². The largest absolute Gasteiger partial charge is 0.325 e. The van der Waals surface area contributed by atoms with Crippen molar-refractivity contribution in [3.05, 3.63) is 35.4 Å². The average molecular weight is 189 g/mol. The molecule has 3 nitrogen and oxygen atoms in total. The van der Waals surface area contributed by atoms with E-state index >= 15 is 0 Å². The van der Waals surface area contributed by atoms with Crippen LogP contribution in [0.15, 0.2) is 18.3 Å². The number of fused-ring (bicyclic) bond motifs is 1. The molecule has 2 N–H and O–H groups in total. The minimum absolute atomic E-state index is 0.508. The first kappa shape index (κ1) is 9.21. The minimum Gasteiger partial charge on any atom is -0.325 e. The molecule has 0 amide bonds. The molecule has 2 rings (SSSR count). The van der Waals surface area contributed by atoms with Gasteiger partial charge in [-0.1, -0.05) is 13.0 Å². The summed E-state index contributed by atoms with van der Waals surface area (Å²) < 4.78 is 2.14. The first-order chi connectivity index (χ1) is 6.77. The maximum Gasteiger partial charge on any atom is 0.113 e. The Kier molecular flexibility index (Phi) is 2.25. The lowest BCUT2D eigenvalue weighted by Crippen LogP contribution is -1.98. The molecule has 0 fully saturated rings. The molecule has 2 heterocycles. The van der Waals surface area contributed by atoms with Crippen molar-refractivity contribution in [2.24, 2.45) is 5.73 Å². The van der Waals surface area contributed by atoms with Gasteiger partial charge in [-0.05, 0) is 18.6 Å². The highest BCUT2D eigenvalue weighted by atomic mass is 15.0. The van der Waals surface area contributed by atoms with Gasteiger partial charge in [-0.15, -0.1) is 0 Å². The van der Waals surface area contributed by atoms with E-state index in [1.165, 1.54) is 11.1 Å². The first-order valence-corrected chi connectivity index (χ1v) is 4.93. The number of aromatic nitrogens is 2. The topological polar surface area (TPSA) is 43.3 Å². The summed E-state index contributed by atoms with van der Waals surface area (Å²) in [6.07, 6.45) is 2.98. The summed E-state index contributed by atoms with van der Waals surface area (Å²) in [7, 11) is 0. The summed E-state index contributed by atoms with van der Waals surface area (Å²) in [5.74, 6) is 1.09. The maximum absolute atomic E-state index is 5.68. The van der Waals surface area contributed by atoms with Crippen LogP contribution >= 0.6 is 0 Å². The van der Waals surface area contributed by atoms with Gasteiger partial charge in [0.2, 0.25) is 0 Å². The fraction of sp³-hybridized carbons (Fsp3) is 0.364. The van der Waals surface area contributed by atoms with E-state index in [4.69, 9.17) is 5.73 Å². The van der Waals surface area contributed by atoms with Crippen molar-refractivity contribution in [2.45, 2.75) is 26.8 Å². The van der Waals surface area contributed by atoms with Crippen LogP contribution in [0.3, 0.4) is 0 Å². The van der Waals surface area contributed by atoms with Crippen molar-refractivity contribution in [3.63, 3.8) is 0 Å². The molecule has 0 atom stereocenters. The smallest absolute Gasteiger partial charge is 0.113 e. The minimum atomic E-state index is 0.508. The third-order valence-electron chi connectivity index (χ3n) is 2.52. The van der Waals surface area contributed by atoms with Gasteiger partial charge in [-0.2, -0.15) is 0 Å². The monoisotopic (exact) mass is 189 g/mol. The number of aryl methyl sites for hydroxylation is 2. The van der Waals surface area contributed by atoms with Gasteiger partial charge in [0.15, 0.2) is 0 Å². The molecule has 3 heteroatoms. The third kappa shape index (κ3) is 1.21. The molecule has 0 aliphatic carbocycles. The second-order valence-electron chi connectivity index (χ2n) is 3.44. The summed E-state index contributed by atoms with van der Waals surface area (Å²) in [6, 6.07) is 4.14. The Bertz CT molecular complexity index is 457. The summed E-state index contributed by atoms with van der Waals surface area (Å²) >= 11 is 0. The van der Waals surface area contributed by atoms with Gasteiger partial charge >= 0.3 is 0 Å². The number of hydrogen-bond donors (Lipinski definition) is 1. The van der Waals surface area contributed by atoms with E-state index < -0.39 is 0 Å². The summed E-state index contributed by atoms with van der Waals surface area (Å²) in [5, 5.41) is 0. The van der Waals surface area contributed by atoms with Gasteiger partial charge in [0.1, 0.15) is 5.82 Å². The van der Waals surface area contributed by atoms with Gasteiger partial charge in [0, 0.05) is 19.2 Å². The normalized spacial score (nSPS) is 11.1. The fourth-order valence-electron chi connectivity index (χ4n) is 1.85. The lowest BCUT2D eigenvalue weighted by molar-refractivity contribution is 0.914. The zero-order valence-electron chi connectivity index (χ0n) is 8.62. The molecule has 0 unspecified atom stereocenters. The van der Waals surface area contributed by atoms with E-state index in [9.17, 15) is 0 Å². The van der Waals surface area contributed by atoms with E-state index in [2.05, 4.69) is 29.3 Å². The second-order valence-corrected chi connectivity index (χ2v) is 3.44. The molecular weight excluding hydrogens is 174 g/mol. The van der Waals surface area contributed by atoms with Crippen molar-refractivity contribution < 1.29 is 0 Å². The Labute approximate surface area is 83.6 Å². The molecule has 0 radical (unpaired) electrons. The molecule has 0 spiro atoms. The zero-order chi connectivity index (χ0) is 10.1. The Morgan fingerprint density at radius 3 is 2.93 bits per heavy atom. The van der Waals surface area contributed by atoms with Crippen molar-refractivity contribution >= 4 is 5.52 Å². The van der Waals surface area contributed by atoms with Crippen LogP contribution in [0.1, 0.15) is 24.0 Å². The van der Waals surface area contributed by atoms with Gasteiger partial charge in [0.25, 0.3) is 0 Å². The number of hydrogen-bond acceptors (Lipinski definition) is 2. The third-order valence-corrected chi connectivity index (χ3v) is 2.52. The van der Waals surface area contributed by atoms with Crippen LogP contribution in [0.5, 0.6) is 0 Å². The number of nitrogens with zero attached hydrogens (tertiary/aromatic N) is 2. The fourth-order valence-corrected chi connectivity index (χ4v) is 1.85. The van der Waals surface area contributed by atoms with E-state index in [1.807, 2.05) is 12.3 Å². The molecule has 14 heavy (non-hydrogen) atoms. The van der Waals surface area contributed by atoms with Crippen LogP contribution in [0.2, 0.25) is 0 Å². The standard InChI is InChI=1S/C11H15N3/c1-3-10-13-9(7-12)11-8(2)5-4-6-14(10)11/h4-6H,3,7,12H2,1-2H3. The second kappa shape index (κ2) is 3.42. The Morgan fingerprint density at radius 1 is 1.50 bits per heavy atom. The van der Waals surface area contributed by atoms with E-state index in [0.717, 1.165) is 17.9 Å². The van der Waals surface area contributed by atoms with E-state index in [0.29, 0.717) is 6.54 Å². The lowest BCUT2D eigenvalue weighted by atomic mass is 10.2. The summed E-state index contributed by atoms with van der Waals surface area (Å²) in [6.45, 7) is 4.71. The van der Waals surface area contributed by atoms with Crippen LogP contribution in [0.25, 0.3) is 5.52 Å². The number of rotatable bonds is 2. The lowest BCUT2D eigenvalue weighted by Gasteiger charge is -2.00. The highest BCUT2D eigenvalue weighted by Gasteiger charge is 2.09. The molecule has 0 aliphatic rings. The van der Waals surface area contributed by atoms with Crippen LogP contribution < -0.4 is 5.73 Å². The molecule has 0 saturated carbocycles. The average Bonchev–Trinajstić information content (AvgIpc) is 2.57. The molecule has 2 aromatic rings. The van der Waals surface area contributed by atoms with Gasteiger partial charge in [-0.3, -0.25) is 0 Å². The van der Waals surface area contributed by atoms with Crippen LogP contribution in [-0.4, -0.2) is 9.38 Å². The van der Waals surface area contributed by atoms with E-state index in [-0.39, 0.29) is 0 Å². The SMILES string of the molecule is CCc1nc(CN)c2c(C)cccn12. The summed E-state index contributed by atoms with van der Waals surface area (Å²) in [4.78, 5) is 4.53. The maximum atomic E-state index is 5.68. The van der Waals surface area contributed by atoms with E-state index in [1.54, 1.807) is 0 Å². The van der Waals surface area contributed by atoms with Gasteiger partial charge in [0.05, 0.1) is 11.2 Å². The molecule has 0 aliphatic heterocycles. The molecule has 2 aromatic heterocycles. The van der Waals surface area contributed by atoms with Crippen molar-refractivity contribution in [1.82, 2.24) is 9.38 Å². The Hall–Kier alpha value is -1.35. The Morgan fingerprint density at radius 2 is 2.29 bits per heavy atom. The molecule has 0 aromatic carbocycles. The van der Waals surface area contributed by atoms with Crippen LogP contribution in [-0.2, 0) is 13.0 Å². The van der Waals surface area contributed by atoms with Crippen molar-refractivity contribution in [3.8, 4) is 0 Å². The Balaban J connectivity index is 2.82. The number of pyridine rings is 1. The van der Waals surface area contributed by atoms with Crippen molar-refractivity contribution in [2.75, 3.05) is 0 Å². The first-order valence-electron chi connectivity index (χ1n) is 4.93.